The molecule has 0 radical (unpaired) electrons. The summed E-state index contributed by atoms with van der Waals surface area (Å²) in [7, 11) is 0. The van der Waals surface area contributed by atoms with Crippen molar-refractivity contribution in [3.8, 4) is 0 Å². The highest BCUT2D eigenvalue weighted by Crippen LogP contribution is 2.23. The molecule has 0 spiro atoms. The number of aromatic nitrogens is 3. The van der Waals surface area contributed by atoms with E-state index >= 15 is 0 Å². The normalized spacial score (nSPS) is 10.8. The lowest BCUT2D eigenvalue weighted by Crippen LogP contribution is -2.16. The van der Waals surface area contributed by atoms with Gasteiger partial charge in [-0.05, 0) is 38.5 Å². The number of nitrogens with one attached hydrogen (secondary N) is 1. The fourth-order valence-electron chi connectivity index (χ4n) is 2.66. The van der Waals surface area contributed by atoms with Crippen molar-refractivity contribution in [1.29, 1.82) is 0 Å². The molecule has 1 aromatic carbocycles. The van der Waals surface area contributed by atoms with Gasteiger partial charge in [-0.2, -0.15) is 0 Å². The molecular weight excluding hydrogens is 318 g/mol. The third kappa shape index (κ3) is 3.92. The molecule has 0 bridgehead atoms. The van der Waals surface area contributed by atoms with E-state index in [-0.39, 0.29) is 5.56 Å². The Morgan fingerprint density at radius 1 is 1.12 bits per heavy atom. The molecule has 0 saturated carbocycles. The van der Waals surface area contributed by atoms with Crippen LogP contribution in [0.2, 0.25) is 0 Å². The first-order chi connectivity index (χ1) is 11.5. The monoisotopic (exact) mass is 337 g/mol. The van der Waals surface area contributed by atoms with Gasteiger partial charge in [-0.25, -0.2) is 4.98 Å². The van der Waals surface area contributed by atoms with Crippen molar-refractivity contribution >= 4 is 11.8 Å². The molecule has 24 heavy (non-hydrogen) atoms. The third-order valence-corrected chi connectivity index (χ3v) is 4.60. The molecule has 122 valence electrons. The smallest absolute Gasteiger partial charge is 0.254 e. The minimum Gasteiger partial charge on any atom is -0.301 e. The Kier molecular flexibility index (Phi) is 4.81. The topological polar surface area (TPSA) is 58.6 Å². The Hall–Kier alpha value is -2.40. The molecule has 3 rings (SSSR count). The highest BCUT2D eigenvalue weighted by molar-refractivity contribution is 7.99. The molecule has 0 fully saturated rings. The van der Waals surface area contributed by atoms with Crippen molar-refractivity contribution < 1.29 is 0 Å². The number of pyridine rings is 1. The van der Waals surface area contributed by atoms with Crippen LogP contribution in [0.5, 0.6) is 0 Å². The maximum Gasteiger partial charge on any atom is 0.254 e. The summed E-state index contributed by atoms with van der Waals surface area (Å²) in [5.41, 5.74) is 5.01. The van der Waals surface area contributed by atoms with E-state index in [4.69, 9.17) is 0 Å². The number of hydrogen-bond acceptors (Lipinski definition) is 4. The summed E-state index contributed by atoms with van der Waals surface area (Å²) < 4.78 is 0. The number of rotatable bonds is 4. The summed E-state index contributed by atoms with van der Waals surface area (Å²) in [5.74, 6) is 0. The van der Waals surface area contributed by atoms with E-state index in [0.29, 0.717) is 17.1 Å². The predicted octanol–water partition coefficient (Wildman–Crippen LogP) is 3.83. The molecule has 4 nitrogen and oxygen atoms in total. The molecule has 0 aliphatic carbocycles. The van der Waals surface area contributed by atoms with Gasteiger partial charge >= 0.3 is 0 Å². The molecule has 1 N–H and O–H groups in total. The van der Waals surface area contributed by atoms with Gasteiger partial charge in [0.1, 0.15) is 0 Å². The zero-order valence-electron chi connectivity index (χ0n) is 14.0. The van der Waals surface area contributed by atoms with Gasteiger partial charge in [0.2, 0.25) is 0 Å². The van der Waals surface area contributed by atoms with Gasteiger partial charge in [-0.1, -0.05) is 41.1 Å². The molecule has 3 aromatic rings. The van der Waals surface area contributed by atoms with Gasteiger partial charge in [0.05, 0.1) is 5.69 Å². The van der Waals surface area contributed by atoms with Crippen molar-refractivity contribution in [3.05, 3.63) is 81.0 Å². The van der Waals surface area contributed by atoms with Crippen molar-refractivity contribution in [2.45, 2.75) is 37.2 Å². The average Bonchev–Trinajstić information content (AvgIpc) is 2.52. The Morgan fingerprint density at radius 2 is 1.88 bits per heavy atom. The van der Waals surface area contributed by atoms with E-state index in [9.17, 15) is 4.79 Å². The van der Waals surface area contributed by atoms with E-state index in [1.807, 2.05) is 19.1 Å². The van der Waals surface area contributed by atoms with Gasteiger partial charge in [0.25, 0.3) is 5.56 Å². The minimum atomic E-state index is -0.0873. The molecule has 0 aliphatic rings. The Balaban J connectivity index is 1.94. The molecule has 0 unspecified atom stereocenters. The SMILES string of the molecule is Cc1cc(C)cc(Cc2nc(Sc3cccnc3)[nH]c(=O)c2C)c1. The van der Waals surface area contributed by atoms with Crippen LogP contribution in [-0.2, 0) is 6.42 Å². The second kappa shape index (κ2) is 7.01. The second-order valence-corrected chi connectivity index (χ2v) is 6.97. The Morgan fingerprint density at radius 3 is 2.54 bits per heavy atom. The van der Waals surface area contributed by atoms with Crippen LogP contribution in [0.4, 0.5) is 0 Å². The Bertz CT molecular complexity index is 899. The fourth-order valence-corrected chi connectivity index (χ4v) is 3.44. The number of aryl methyl sites for hydroxylation is 2. The van der Waals surface area contributed by atoms with E-state index in [2.05, 4.69) is 47.0 Å². The first-order valence-electron chi connectivity index (χ1n) is 7.76. The number of benzene rings is 1. The minimum absolute atomic E-state index is 0.0873. The van der Waals surface area contributed by atoms with Gasteiger partial charge in [0.15, 0.2) is 5.16 Å². The van der Waals surface area contributed by atoms with Gasteiger partial charge in [-0.15, -0.1) is 0 Å². The molecule has 2 heterocycles. The average molecular weight is 337 g/mol. The summed E-state index contributed by atoms with van der Waals surface area (Å²) in [5, 5.41) is 0.595. The fraction of sp³-hybridized carbons (Fsp3) is 0.211. The largest absolute Gasteiger partial charge is 0.301 e. The van der Waals surface area contributed by atoms with Crippen LogP contribution >= 0.6 is 11.8 Å². The van der Waals surface area contributed by atoms with Crippen LogP contribution in [0.1, 0.15) is 27.9 Å². The summed E-state index contributed by atoms with van der Waals surface area (Å²) >= 11 is 1.41. The van der Waals surface area contributed by atoms with Gasteiger partial charge in [-0.3, -0.25) is 9.78 Å². The number of hydrogen-bond donors (Lipinski definition) is 1. The van der Waals surface area contributed by atoms with Crippen molar-refractivity contribution in [2.24, 2.45) is 0 Å². The van der Waals surface area contributed by atoms with E-state index in [1.165, 1.54) is 28.5 Å². The number of H-pyrrole nitrogens is 1. The molecule has 0 saturated heterocycles. The zero-order chi connectivity index (χ0) is 17.1. The van der Waals surface area contributed by atoms with Gasteiger partial charge < -0.3 is 4.98 Å². The predicted molar refractivity (Wildman–Crippen MR) is 96.7 cm³/mol. The quantitative estimate of drug-likeness (QED) is 0.735. The molecule has 0 atom stereocenters. The lowest BCUT2D eigenvalue weighted by atomic mass is 10.0. The standard InChI is InChI=1S/C19H19N3OS/c1-12-7-13(2)9-15(8-12)10-17-14(3)18(23)22-19(21-17)24-16-5-4-6-20-11-16/h4-9,11H,10H2,1-3H3,(H,21,22,23). The molecular formula is C19H19N3OS. The first kappa shape index (κ1) is 16.5. The lowest BCUT2D eigenvalue weighted by molar-refractivity contribution is 0.857. The molecule has 0 aliphatic heterocycles. The van der Waals surface area contributed by atoms with E-state index < -0.39 is 0 Å². The van der Waals surface area contributed by atoms with Crippen LogP contribution in [0.3, 0.4) is 0 Å². The van der Waals surface area contributed by atoms with Gasteiger partial charge in [0, 0.05) is 29.3 Å². The Labute approximate surface area is 145 Å². The maximum absolute atomic E-state index is 12.3. The summed E-state index contributed by atoms with van der Waals surface area (Å²) in [6, 6.07) is 10.2. The maximum atomic E-state index is 12.3. The molecule has 0 amide bonds. The summed E-state index contributed by atoms with van der Waals surface area (Å²) in [6.07, 6.45) is 4.13. The second-order valence-electron chi connectivity index (χ2n) is 5.91. The lowest BCUT2D eigenvalue weighted by Gasteiger charge is -2.09. The van der Waals surface area contributed by atoms with Crippen molar-refractivity contribution in [3.63, 3.8) is 0 Å². The third-order valence-electron chi connectivity index (χ3n) is 3.73. The first-order valence-corrected chi connectivity index (χ1v) is 8.58. The zero-order valence-corrected chi connectivity index (χ0v) is 14.8. The van der Waals surface area contributed by atoms with E-state index in [0.717, 1.165) is 10.6 Å². The summed E-state index contributed by atoms with van der Waals surface area (Å²) in [4.78, 5) is 24.8. The molecule has 2 aromatic heterocycles. The highest BCUT2D eigenvalue weighted by atomic mass is 32.2. The van der Waals surface area contributed by atoms with Crippen LogP contribution < -0.4 is 5.56 Å². The number of aromatic amines is 1. The van der Waals surface area contributed by atoms with Crippen molar-refractivity contribution in [2.75, 3.05) is 0 Å². The number of nitrogens with zero attached hydrogens (tertiary/aromatic N) is 2. The van der Waals surface area contributed by atoms with Crippen LogP contribution in [0, 0.1) is 20.8 Å². The van der Waals surface area contributed by atoms with Crippen LogP contribution in [0.15, 0.2) is 57.6 Å². The summed E-state index contributed by atoms with van der Waals surface area (Å²) in [6.45, 7) is 5.98. The van der Waals surface area contributed by atoms with Crippen LogP contribution in [0.25, 0.3) is 0 Å². The van der Waals surface area contributed by atoms with Crippen LogP contribution in [-0.4, -0.2) is 15.0 Å². The van der Waals surface area contributed by atoms with Crippen molar-refractivity contribution in [1.82, 2.24) is 15.0 Å². The molecule has 5 heteroatoms. The van der Waals surface area contributed by atoms with E-state index in [1.54, 1.807) is 12.4 Å². The highest BCUT2D eigenvalue weighted by Gasteiger charge is 2.10.